The maximum Gasteiger partial charge on any atom is 0.275 e. The van der Waals surface area contributed by atoms with Crippen LogP contribution in [-0.4, -0.2) is 53.7 Å². The number of amides is 2. The number of rotatable bonds is 4. The van der Waals surface area contributed by atoms with E-state index in [0.717, 1.165) is 0 Å². The molecule has 0 radical (unpaired) electrons. The highest BCUT2D eigenvalue weighted by Crippen LogP contribution is 2.46. The summed E-state index contributed by atoms with van der Waals surface area (Å²) in [5, 5.41) is 2.31. The Bertz CT molecular complexity index is 1300. The molecule has 8 nitrogen and oxygen atoms in total. The lowest BCUT2D eigenvalue weighted by Gasteiger charge is -2.55. The Morgan fingerprint density at radius 1 is 1.23 bits per heavy atom. The van der Waals surface area contributed by atoms with Crippen LogP contribution in [0.3, 0.4) is 0 Å². The van der Waals surface area contributed by atoms with Crippen LogP contribution in [0.2, 0.25) is 0 Å². The Balaban J connectivity index is 1.56. The summed E-state index contributed by atoms with van der Waals surface area (Å²) in [6.07, 6.45) is 6.24. The van der Waals surface area contributed by atoms with Crippen molar-refractivity contribution in [1.29, 1.82) is 0 Å². The number of methoxy groups -OCH3 is 1. The highest BCUT2D eigenvalue weighted by Gasteiger charge is 2.54. The molecular formula is C24H22F3N3O5. The zero-order chi connectivity index (χ0) is 24.9. The number of carbonyl (C=O) groups is 2. The fourth-order valence-electron chi connectivity index (χ4n) is 5.25. The van der Waals surface area contributed by atoms with Gasteiger partial charge in [-0.2, -0.15) is 0 Å². The molecule has 4 heterocycles. The van der Waals surface area contributed by atoms with Crippen LogP contribution in [0.15, 0.2) is 35.3 Å². The van der Waals surface area contributed by atoms with Crippen molar-refractivity contribution in [3.63, 3.8) is 0 Å². The summed E-state index contributed by atoms with van der Waals surface area (Å²) in [4.78, 5) is 41.3. The molecule has 1 N–H and O–H groups in total. The SMILES string of the molecule is COc1c2n(cc(C(=O)NCc3c(F)cc(F)cc3F)c1=O)[C@H]1CCOC[C@]13CC=CCN3C2=O. The van der Waals surface area contributed by atoms with Gasteiger partial charge in [0.15, 0.2) is 11.4 Å². The average molecular weight is 489 g/mol. The van der Waals surface area contributed by atoms with Gasteiger partial charge in [-0.3, -0.25) is 14.4 Å². The number of fused-ring (bicyclic) bond motifs is 2. The minimum atomic E-state index is -1.16. The molecule has 0 bridgehead atoms. The summed E-state index contributed by atoms with van der Waals surface area (Å²) >= 11 is 0. The molecule has 1 saturated heterocycles. The predicted molar refractivity (Wildman–Crippen MR) is 117 cm³/mol. The topological polar surface area (TPSA) is 89.9 Å². The van der Waals surface area contributed by atoms with Crippen molar-refractivity contribution >= 4 is 11.8 Å². The largest absolute Gasteiger partial charge is 0.491 e. The van der Waals surface area contributed by atoms with Crippen molar-refractivity contribution in [1.82, 2.24) is 14.8 Å². The standard InChI is InChI=1S/C24H22F3N3O5/c1-34-21-19-23(33)30-6-3-2-5-24(30)12-35-7-4-18(24)29(19)11-15(20(21)31)22(32)28-10-14-16(26)8-13(25)9-17(14)27/h2-3,8-9,11,18H,4-7,10,12H2,1H3,(H,28,32)/t18-,24+/m0/s1. The Morgan fingerprint density at radius 3 is 2.69 bits per heavy atom. The molecule has 1 spiro atoms. The molecule has 0 saturated carbocycles. The van der Waals surface area contributed by atoms with Crippen molar-refractivity contribution in [2.75, 3.05) is 26.9 Å². The van der Waals surface area contributed by atoms with Gasteiger partial charge in [-0.1, -0.05) is 12.2 Å². The van der Waals surface area contributed by atoms with Gasteiger partial charge in [0.05, 0.1) is 25.3 Å². The number of ether oxygens (including phenoxy) is 2. The van der Waals surface area contributed by atoms with E-state index < -0.39 is 52.3 Å². The molecule has 184 valence electrons. The summed E-state index contributed by atoms with van der Waals surface area (Å²) in [6.45, 7) is 0.467. The number of hydrogen-bond acceptors (Lipinski definition) is 5. The molecule has 5 rings (SSSR count). The summed E-state index contributed by atoms with van der Waals surface area (Å²) in [7, 11) is 1.23. The van der Waals surface area contributed by atoms with E-state index in [4.69, 9.17) is 9.47 Å². The third-order valence-electron chi connectivity index (χ3n) is 6.93. The second kappa shape index (κ2) is 8.56. The quantitative estimate of drug-likeness (QED) is 0.666. The van der Waals surface area contributed by atoms with Gasteiger partial charge in [-0.15, -0.1) is 0 Å². The summed E-state index contributed by atoms with van der Waals surface area (Å²) < 4.78 is 53.8. The van der Waals surface area contributed by atoms with Gasteiger partial charge in [0.2, 0.25) is 5.43 Å². The number of halogens is 3. The number of nitrogens with zero attached hydrogens (tertiary/aromatic N) is 2. The van der Waals surface area contributed by atoms with Crippen molar-refractivity contribution < 1.29 is 32.2 Å². The molecule has 1 aromatic heterocycles. The van der Waals surface area contributed by atoms with Crippen LogP contribution in [-0.2, 0) is 11.3 Å². The van der Waals surface area contributed by atoms with Gasteiger partial charge < -0.3 is 24.3 Å². The van der Waals surface area contributed by atoms with Crippen molar-refractivity contribution in [3.05, 3.63) is 75.0 Å². The normalized spacial score (nSPS) is 22.8. The van der Waals surface area contributed by atoms with Gasteiger partial charge in [0, 0.05) is 43.6 Å². The Morgan fingerprint density at radius 2 is 1.97 bits per heavy atom. The fraction of sp³-hybridized carbons (Fsp3) is 0.375. The third-order valence-corrected chi connectivity index (χ3v) is 6.93. The van der Waals surface area contributed by atoms with Gasteiger partial charge >= 0.3 is 0 Å². The summed E-state index contributed by atoms with van der Waals surface area (Å²) in [5.74, 6) is -5.02. The molecule has 35 heavy (non-hydrogen) atoms. The second-order valence-electron chi connectivity index (χ2n) is 8.74. The van der Waals surface area contributed by atoms with E-state index in [2.05, 4.69) is 5.32 Å². The number of hydrogen-bond donors (Lipinski definition) is 1. The van der Waals surface area contributed by atoms with Crippen molar-refractivity contribution in [3.8, 4) is 5.75 Å². The van der Waals surface area contributed by atoms with Crippen LogP contribution >= 0.6 is 0 Å². The molecule has 0 aliphatic carbocycles. The molecule has 1 aromatic carbocycles. The van der Waals surface area contributed by atoms with E-state index in [1.54, 1.807) is 9.47 Å². The molecular weight excluding hydrogens is 467 g/mol. The number of nitrogens with one attached hydrogen (secondary N) is 1. The summed E-state index contributed by atoms with van der Waals surface area (Å²) in [6, 6.07) is 0.714. The molecule has 11 heteroatoms. The smallest absolute Gasteiger partial charge is 0.275 e. The second-order valence-corrected chi connectivity index (χ2v) is 8.74. The third kappa shape index (κ3) is 3.53. The molecule has 3 aliphatic rings. The first-order valence-corrected chi connectivity index (χ1v) is 11.1. The highest BCUT2D eigenvalue weighted by atomic mass is 19.1. The van der Waals surface area contributed by atoms with Gasteiger partial charge in [-0.05, 0) is 12.8 Å². The van der Waals surface area contributed by atoms with Crippen LogP contribution in [0.4, 0.5) is 13.2 Å². The van der Waals surface area contributed by atoms with E-state index in [-0.39, 0.29) is 23.0 Å². The van der Waals surface area contributed by atoms with Crippen LogP contribution < -0.4 is 15.5 Å². The minimum absolute atomic E-state index is 0.0440. The zero-order valence-electron chi connectivity index (χ0n) is 18.8. The lowest BCUT2D eigenvalue weighted by atomic mass is 9.77. The Labute approximate surface area is 197 Å². The van der Waals surface area contributed by atoms with Crippen LogP contribution in [0.25, 0.3) is 0 Å². The van der Waals surface area contributed by atoms with Crippen LogP contribution in [0, 0.1) is 17.5 Å². The van der Waals surface area contributed by atoms with E-state index in [9.17, 15) is 27.6 Å². The van der Waals surface area contributed by atoms with Gasteiger partial charge in [-0.25, -0.2) is 13.2 Å². The maximum atomic E-state index is 14.0. The molecule has 3 aliphatic heterocycles. The van der Waals surface area contributed by atoms with E-state index in [1.165, 1.54) is 13.3 Å². The fourth-order valence-corrected chi connectivity index (χ4v) is 5.25. The van der Waals surface area contributed by atoms with E-state index in [1.807, 2.05) is 12.2 Å². The number of carbonyl (C=O) groups excluding carboxylic acids is 2. The number of aromatic nitrogens is 1. The maximum absolute atomic E-state index is 14.0. The zero-order valence-corrected chi connectivity index (χ0v) is 18.8. The lowest BCUT2D eigenvalue weighted by Crippen LogP contribution is -2.66. The minimum Gasteiger partial charge on any atom is -0.491 e. The molecule has 0 unspecified atom stereocenters. The van der Waals surface area contributed by atoms with Gasteiger partial charge in [0.25, 0.3) is 11.8 Å². The lowest BCUT2D eigenvalue weighted by molar-refractivity contribution is -0.0774. The average Bonchev–Trinajstić information content (AvgIpc) is 2.83. The first kappa shape index (κ1) is 23.2. The van der Waals surface area contributed by atoms with E-state index >= 15 is 0 Å². The Hall–Kier alpha value is -3.60. The molecule has 2 aromatic rings. The van der Waals surface area contributed by atoms with Crippen molar-refractivity contribution in [2.24, 2.45) is 0 Å². The predicted octanol–water partition coefficient (Wildman–Crippen LogP) is 2.32. The van der Waals surface area contributed by atoms with E-state index in [0.29, 0.717) is 44.7 Å². The number of pyridine rings is 1. The van der Waals surface area contributed by atoms with Crippen LogP contribution in [0.1, 0.15) is 45.3 Å². The monoisotopic (exact) mass is 489 g/mol. The molecule has 2 amide bonds. The van der Waals surface area contributed by atoms with Crippen molar-refractivity contribution in [2.45, 2.75) is 31.0 Å². The number of benzene rings is 1. The highest BCUT2D eigenvalue weighted by molar-refractivity contribution is 6.00. The Kier molecular flexibility index (Phi) is 5.66. The van der Waals surface area contributed by atoms with Gasteiger partial charge in [0.1, 0.15) is 23.0 Å². The van der Waals surface area contributed by atoms with Crippen LogP contribution in [0.5, 0.6) is 5.75 Å². The molecule has 2 atom stereocenters. The molecule has 1 fully saturated rings. The first-order valence-electron chi connectivity index (χ1n) is 11.1. The first-order chi connectivity index (χ1) is 16.8. The summed E-state index contributed by atoms with van der Waals surface area (Å²) in [5.41, 5.74) is -2.35.